The number of para-hydroxylation sites is 1. The Hall–Kier alpha value is -2.50. The monoisotopic (exact) mass is 375 g/mol. The smallest absolute Gasteiger partial charge is 0.276 e. The Kier molecular flexibility index (Phi) is 5.26. The molecule has 1 aromatic heterocycles. The second kappa shape index (κ2) is 7.59. The van der Waals surface area contributed by atoms with Crippen LogP contribution in [0.1, 0.15) is 16.1 Å². The summed E-state index contributed by atoms with van der Waals surface area (Å²) < 4.78 is 7.11. The van der Waals surface area contributed by atoms with E-state index >= 15 is 0 Å². The fourth-order valence-electron chi connectivity index (χ4n) is 2.18. The number of amides is 1. The Morgan fingerprint density at radius 2 is 1.88 bits per heavy atom. The van der Waals surface area contributed by atoms with Crippen molar-refractivity contribution in [1.82, 2.24) is 9.78 Å². The summed E-state index contributed by atoms with van der Waals surface area (Å²) in [6.45, 7) is 1.99. The van der Waals surface area contributed by atoms with Crippen LogP contribution in [0.25, 0.3) is 0 Å². The van der Waals surface area contributed by atoms with Crippen LogP contribution >= 0.6 is 23.2 Å². The van der Waals surface area contributed by atoms with Gasteiger partial charge in [0.25, 0.3) is 5.91 Å². The van der Waals surface area contributed by atoms with Crippen LogP contribution in [-0.4, -0.2) is 15.7 Å². The third-order valence-electron chi connectivity index (χ3n) is 3.58. The number of nitrogens with zero attached hydrogens (tertiary/aromatic N) is 2. The summed E-state index contributed by atoms with van der Waals surface area (Å²) >= 11 is 12.1. The quantitative estimate of drug-likeness (QED) is 0.697. The van der Waals surface area contributed by atoms with Crippen LogP contribution in [0.5, 0.6) is 5.75 Å². The van der Waals surface area contributed by atoms with Gasteiger partial charge in [-0.25, -0.2) is 4.68 Å². The first kappa shape index (κ1) is 17.3. The summed E-state index contributed by atoms with van der Waals surface area (Å²) in [7, 11) is 0. The number of carbonyl (C=O) groups is 1. The van der Waals surface area contributed by atoms with Crippen LogP contribution in [-0.2, 0) is 6.73 Å². The molecule has 0 spiro atoms. The van der Waals surface area contributed by atoms with Gasteiger partial charge in [0, 0.05) is 16.9 Å². The molecule has 0 saturated carbocycles. The van der Waals surface area contributed by atoms with E-state index in [1.807, 2.05) is 19.1 Å². The van der Waals surface area contributed by atoms with E-state index in [1.165, 1.54) is 4.68 Å². The number of benzene rings is 2. The van der Waals surface area contributed by atoms with Crippen molar-refractivity contribution in [1.29, 1.82) is 0 Å². The van der Waals surface area contributed by atoms with Gasteiger partial charge in [0.05, 0.1) is 5.02 Å². The second-order valence-corrected chi connectivity index (χ2v) is 6.13. The molecular weight excluding hydrogens is 361 g/mol. The third-order valence-corrected chi connectivity index (χ3v) is 4.30. The SMILES string of the molecule is Cc1c(Cl)cccc1NC(=O)c1ccn(COc2ccccc2Cl)n1. The maximum atomic E-state index is 12.3. The van der Waals surface area contributed by atoms with Gasteiger partial charge < -0.3 is 10.1 Å². The molecule has 2 aromatic carbocycles. The van der Waals surface area contributed by atoms with E-state index in [0.717, 1.165) is 5.56 Å². The summed E-state index contributed by atoms with van der Waals surface area (Å²) in [4.78, 5) is 12.3. The van der Waals surface area contributed by atoms with Crippen LogP contribution in [0.3, 0.4) is 0 Å². The first-order chi connectivity index (χ1) is 12.0. The van der Waals surface area contributed by atoms with E-state index in [4.69, 9.17) is 27.9 Å². The minimum atomic E-state index is -0.318. The summed E-state index contributed by atoms with van der Waals surface area (Å²) in [5.74, 6) is 0.238. The summed E-state index contributed by atoms with van der Waals surface area (Å²) in [6.07, 6.45) is 1.66. The number of nitrogens with one attached hydrogen (secondary N) is 1. The summed E-state index contributed by atoms with van der Waals surface area (Å²) in [5.41, 5.74) is 1.74. The predicted molar refractivity (Wildman–Crippen MR) is 98.4 cm³/mol. The zero-order valence-electron chi connectivity index (χ0n) is 13.4. The summed E-state index contributed by atoms with van der Waals surface area (Å²) in [5, 5.41) is 8.12. The number of halogens is 2. The first-order valence-corrected chi connectivity index (χ1v) is 8.27. The molecule has 3 rings (SSSR count). The summed E-state index contributed by atoms with van der Waals surface area (Å²) in [6, 6.07) is 14.1. The van der Waals surface area contributed by atoms with Gasteiger partial charge in [-0.2, -0.15) is 5.10 Å². The fourth-order valence-corrected chi connectivity index (χ4v) is 2.55. The Morgan fingerprint density at radius 1 is 1.12 bits per heavy atom. The molecular formula is C18H15Cl2N3O2. The van der Waals surface area contributed by atoms with Crippen molar-refractivity contribution in [3.63, 3.8) is 0 Å². The van der Waals surface area contributed by atoms with Crippen molar-refractivity contribution in [3.8, 4) is 5.75 Å². The highest BCUT2D eigenvalue weighted by atomic mass is 35.5. The standard InChI is InChI=1S/C18H15Cl2N3O2/c1-12-13(19)6-4-7-15(12)21-18(24)16-9-10-23(22-16)11-25-17-8-3-2-5-14(17)20/h2-10H,11H2,1H3,(H,21,24). The van der Waals surface area contributed by atoms with Gasteiger partial charge in [-0.05, 0) is 42.8 Å². The van der Waals surface area contributed by atoms with Crippen molar-refractivity contribution < 1.29 is 9.53 Å². The van der Waals surface area contributed by atoms with Gasteiger partial charge in [-0.1, -0.05) is 41.4 Å². The lowest BCUT2D eigenvalue weighted by Gasteiger charge is -2.08. The number of rotatable bonds is 5. The topological polar surface area (TPSA) is 56.2 Å². The number of carbonyl (C=O) groups excluding carboxylic acids is 1. The molecule has 5 nitrogen and oxygen atoms in total. The van der Waals surface area contributed by atoms with Gasteiger partial charge in [0.1, 0.15) is 5.75 Å². The normalized spacial score (nSPS) is 10.5. The lowest BCUT2D eigenvalue weighted by molar-refractivity contribution is 0.102. The average molecular weight is 376 g/mol. The first-order valence-electron chi connectivity index (χ1n) is 7.52. The minimum absolute atomic E-state index is 0.146. The lowest BCUT2D eigenvalue weighted by atomic mass is 10.2. The van der Waals surface area contributed by atoms with Crippen molar-refractivity contribution in [2.45, 2.75) is 13.7 Å². The van der Waals surface area contributed by atoms with E-state index in [9.17, 15) is 4.79 Å². The number of anilines is 1. The molecule has 0 aliphatic carbocycles. The molecule has 0 aliphatic heterocycles. The van der Waals surface area contributed by atoms with Gasteiger partial charge >= 0.3 is 0 Å². The molecule has 0 bridgehead atoms. The van der Waals surface area contributed by atoms with Crippen LogP contribution in [0.2, 0.25) is 10.0 Å². The van der Waals surface area contributed by atoms with E-state index in [-0.39, 0.29) is 18.3 Å². The zero-order valence-corrected chi connectivity index (χ0v) is 14.9. The van der Waals surface area contributed by atoms with E-state index in [1.54, 1.807) is 42.6 Å². The van der Waals surface area contributed by atoms with Gasteiger partial charge in [-0.15, -0.1) is 0 Å². The number of ether oxygens (including phenoxy) is 1. The van der Waals surface area contributed by atoms with E-state index in [0.29, 0.717) is 21.5 Å². The zero-order chi connectivity index (χ0) is 17.8. The largest absolute Gasteiger partial charge is 0.470 e. The van der Waals surface area contributed by atoms with Crippen LogP contribution in [0.4, 0.5) is 5.69 Å². The molecule has 0 aliphatic rings. The van der Waals surface area contributed by atoms with E-state index in [2.05, 4.69) is 10.4 Å². The minimum Gasteiger partial charge on any atom is -0.470 e. The second-order valence-electron chi connectivity index (χ2n) is 5.31. The highest BCUT2D eigenvalue weighted by molar-refractivity contribution is 6.32. The number of hydrogen-bond acceptors (Lipinski definition) is 3. The van der Waals surface area contributed by atoms with Crippen molar-refractivity contribution in [2.24, 2.45) is 0 Å². The molecule has 0 unspecified atom stereocenters. The van der Waals surface area contributed by atoms with Crippen molar-refractivity contribution in [2.75, 3.05) is 5.32 Å². The van der Waals surface area contributed by atoms with Crippen LogP contribution in [0.15, 0.2) is 54.7 Å². The molecule has 0 fully saturated rings. The predicted octanol–water partition coefficient (Wildman–Crippen LogP) is 4.79. The number of aromatic nitrogens is 2. The maximum absolute atomic E-state index is 12.3. The Labute approximate surface area is 155 Å². The Bertz CT molecular complexity index is 909. The molecule has 0 radical (unpaired) electrons. The third kappa shape index (κ3) is 4.13. The highest BCUT2D eigenvalue weighted by Gasteiger charge is 2.12. The van der Waals surface area contributed by atoms with Crippen molar-refractivity contribution >= 4 is 34.8 Å². The van der Waals surface area contributed by atoms with Crippen LogP contribution in [0, 0.1) is 6.92 Å². The molecule has 128 valence electrons. The maximum Gasteiger partial charge on any atom is 0.276 e. The molecule has 1 amide bonds. The highest BCUT2D eigenvalue weighted by Crippen LogP contribution is 2.24. The Balaban J connectivity index is 1.65. The fraction of sp³-hybridized carbons (Fsp3) is 0.111. The molecule has 25 heavy (non-hydrogen) atoms. The van der Waals surface area contributed by atoms with Gasteiger partial charge in [0.15, 0.2) is 12.4 Å². The van der Waals surface area contributed by atoms with Crippen LogP contribution < -0.4 is 10.1 Å². The molecule has 1 N–H and O–H groups in total. The average Bonchev–Trinajstić information content (AvgIpc) is 3.07. The molecule has 0 saturated heterocycles. The van der Waals surface area contributed by atoms with Gasteiger partial charge in [0.2, 0.25) is 0 Å². The van der Waals surface area contributed by atoms with Crippen molar-refractivity contribution in [3.05, 3.63) is 76.0 Å². The number of hydrogen-bond donors (Lipinski definition) is 1. The molecule has 3 aromatic rings. The molecule has 0 atom stereocenters. The molecule has 7 heteroatoms. The Morgan fingerprint density at radius 3 is 2.68 bits per heavy atom. The lowest BCUT2D eigenvalue weighted by Crippen LogP contribution is -2.15. The van der Waals surface area contributed by atoms with E-state index < -0.39 is 0 Å². The van der Waals surface area contributed by atoms with Gasteiger partial charge in [-0.3, -0.25) is 4.79 Å². The molecule has 1 heterocycles.